The molecular weight excluding hydrogens is 381 g/mol. The van der Waals surface area contributed by atoms with Gasteiger partial charge < -0.3 is 11.6 Å². The van der Waals surface area contributed by atoms with Crippen LogP contribution in [0.5, 0.6) is 11.5 Å². The van der Waals surface area contributed by atoms with E-state index in [0.717, 1.165) is 11.8 Å². The summed E-state index contributed by atoms with van der Waals surface area (Å²) in [6.45, 7) is 5.90. The van der Waals surface area contributed by atoms with E-state index in [2.05, 4.69) is 10.2 Å². The van der Waals surface area contributed by atoms with Crippen LogP contribution in [-0.2, 0) is 5.41 Å². The fourth-order valence-corrected chi connectivity index (χ4v) is 2.87. The Labute approximate surface area is 192 Å². The molecule has 8 heteroatoms. The van der Waals surface area contributed by atoms with E-state index in [1.165, 1.54) is 12.1 Å². The number of phenols is 2. The van der Waals surface area contributed by atoms with Crippen LogP contribution in [-0.4, -0.2) is 15.1 Å². The summed E-state index contributed by atoms with van der Waals surface area (Å²) in [6.07, 6.45) is 0.746. The summed E-state index contributed by atoms with van der Waals surface area (Å²) >= 11 is 0. The van der Waals surface area contributed by atoms with Crippen LogP contribution in [0, 0.1) is 10.1 Å². The van der Waals surface area contributed by atoms with Gasteiger partial charge in [-0.2, -0.15) is 0 Å². The first-order valence-corrected chi connectivity index (χ1v) is 8.89. The zero-order valence-electron chi connectivity index (χ0n) is 17.9. The van der Waals surface area contributed by atoms with Crippen molar-refractivity contribution in [2.45, 2.75) is 32.6 Å². The number of aromatic hydroxyl groups is 2. The van der Waals surface area contributed by atoms with Crippen LogP contribution in [0.2, 0.25) is 0 Å². The van der Waals surface area contributed by atoms with Crippen molar-refractivity contribution in [1.82, 2.24) is 0 Å². The molecule has 0 bridgehead atoms. The number of fused-ring (bicyclic) bond motifs is 1. The van der Waals surface area contributed by atoms with Crippen molar-refractivity contribution in [2.24, 2.45) is 10.2 Å². The molecule has 0 saturated heterocycles. The Morgan fingerprint density at radius 1 is 1.10 bits per heavy atom. The molecule has 3 aromatic carbocycles. The van der Waals surface area contributed by atoms with Gasteiger partial charge in [0.05, 0.1) is 4.92 Å². The van der Waals surface area contributed by atoms with E-state index < -0.39 is 16.4 Å². The van der Waals surface area contributed by atoms with Crippen LogP contribution in [0.4, 0.5) is 17.1 Å². The van der Waals surface area contributed by atoms with E-state index in [0.29, 0.717) is 10.9 Å². The molecule has 0 radical (unpaired) electrons. The largest absolute Gasteiger partial charge is 1.00 e. The summed E-state index contributed by atoms with van der Waals surface area (Å²) < 4.78 is 0. The number of benzene rings is 3. The van der Waals surface area contributed by atoms with Gasteiger partial charge in [0.1, 0.15) is 17.1 Å². The number of azo groups is 1. The van der Waals surface area contributed by atoms with E-state index in [1.54, 1.807) is 18.2 Å². The summed E-state index contributed by atoms with van der Waals surface area (Å²) in [6, 6.07) is 13.6. The summed E-state index contributed by atoms with van der Waals surface area (Å²) in [4.78, 5) is 10.7. The van der Waals surface area contributed by atoms with E-state index in [1.807, 2.05) is 39.0 Å². The maximum Gasteiger partial charge on any atom is 1.00 e. The number of rotatable bonds is 5. The number of hydrogen-bond acceptors (Lipinski definition) is 6. The average Bonchev–Trinajstić information content (AvgIpc) is 2.67. The third-order valence-corrected chi connectivity index (χ3v) is 5.07. The molecule has 29 heavy (non-hydrogen) atoms. The first-order chi connectivity index (χ1) is 13.2. The topological polar surface area (TPSA) is 108 Å². The molecule has 0 atom stereocenters. The fraction of sp³-hybridized carbons (Fsp3) is 0.238. The number of phenolic OH excluding ortho intramolecular Hbond substituents is 2. The summed E-state index contributed by atoms with van der Waals surface area (Å²) in [5, 5.41) is 41.6. The second-order valence-corrected chi connectivity index (χ2v) is 7.21. The third kappa shape index (κ3) is 4.58. The number of nitro benzene ring substituents is 1. The van der Waals surface area contributed by atoms with Gasteiger partial charge in [-0.05, 0) is 34.9 Å². The van der Waals surface area contributed by atoms with Gasteiger partial charge >= 0.3 is 35.2 Å². The van der Waals surface area contributed by atoms with Crippen LogP contribution >= 0.6 is 0 Å². The molecular formula is C21H22N3NaO4. The van der Waals surface area contributed by atoms with E-state index >= 15 is 0 Å². The minimum Gasteiger partial charge on any atom is -1.00 e. The molecule has 2 N–H and O–H groups in total. The Kier molecular flexibility index (Phi) is 7.00. The smallest absolute Gasteiger partial charge is 1.00 e. The van der Waals surface area contributed by atoms with Gasteiger partial charge in [0.25, 0.3) is 0 Å². The normalized spacial score (nSPS) is 11.6. The van der Waals surface area contributed by atoms with Crippen LogP contribution in [0.3, 0.4) is 0 Å². The molecule has 0 aliphatic carbocycles. The first kappa shape index (κ1) is 22.8. The van der Waals surface area contributed by atoms with Gasteiger partial charge in [-0.3, -0.25) is 10.1 Å². The zero-order chi connectivity index (χ0) is 20.5. The molecule has 3 aromatic rings. The summed E-state index contributed by atoms with van der Waals surface area (Å²) in [5.41, 5.74) is 0.133. The Hall–Kier alpha value is -2.48. The number of nitrogens with zero attached hydrogens (tertiary/aromatic N) is 3. The molecule has 0 aliphatic rings. The predicted molar refractivity (Wildman–Crippen MR) is 109 cm³/mol. The molecule has 3 rings (SSSR count). The maximum absolute atomic E-state index is 11.4. The minimum atomic E-state index is -0.640. The van der Waals surface area contributed by atoms with E-state index in [-0.39, 0.29) is 53.5 Å². The molecule has 0 fully saturated rings. The van der Waals surface area contributed by atoms with Crippen molar-refractivity contribution in [3.63, 3.8) is 0 Å². The van der Waals surface area contributed by atoms with Gasteiger partial charge in [0, 0.05) is 11.5 Å². The zero-order valence-corrected chi connectivity index (χ0v) is 18.9. The summed E-state index contributed by atoms with van der Waals surface area (Å²) in [7, 11) is 0. The van der Waals surface area contributed by atoms with Crippen molar-refractivity contribution in [3.8, 4) is 11.5 Å². The van der Waals surface area contributed by atoms with Crippen molar-refractivity contribution in [1.29, 1.82) is 0 Å². The van der Waals surface area contributed by atoms with Crippen LogP contribution in [0.25, 0.3) is 10.8 Å². The molecule has 0 spiro atoms. The average molecular weight is 403 g/mol. The van der Waals surface area contributed by atoms with Crippen molar-refractivity contribution in [3.05, 3.63) is 64.2 Å². The molecule has 0 heterocycles. The Morgan fingerprint density at radius 2 is 1.79 bits per heavy atom. The minimum absolute atomic E-state index is 0. The Balaban J connectivity index is 0.00000225. The monoisotopic (exact) mass is 403 g/mol. The van der Waals surface area contributed by atoms with Crippen molar-refractivity contribution >= 4 is 27.8 Å². The van der Waals surface area contributed by atoms with Gasteiger partial charge in [-0.15, -0.1) is 10.2 Å². The first-order valence-electron chi connectivity index (χ1n) is 8.89. The van der Waals surface area contributed by atoms with Crippen LogP contribution in [0.15, 0.2) is 58.8 Å². The predicted octanol–water partition coefficient (Wildman–Crippen LogP) is 3.38. The number of hydrogen-bond donors (Lipinski definition) is 2. The third-order valence-electron chi connectivity index (χ3n) is 5.07. The van der Waals surface area contributed by atoms with Gasteiger partial charge in [0.2, 0.25) is 5.75 Å². The molecule has 0 aliphatic heterocycles. The van der Waals surface area contributed by atoms with E-state index in [4.69, 9.17) is 0 Å². The van der Waals surface area contributed by atoms with Crippen molar-refractivity contribution < 1.29 is 46.1 Å². The standard InChI is InChI=1S/C21H21N3O4.Na.H/c1-4-21(2,3)14-11-16(20(26)17(12-14)24(27)28)22-23-19-15-8-6-5-7-13(15)9-10-18(19)25;;/h5-12,25-26H,4H2,1-3H3;;/q;+1;-1. The van der Waals surface area contributed by atoms with Crippen molar-refractivity contribution in [2.75, 3.05) is 0 Å². The van der Waals surface area contributed by atoms with Gasteiger partial charge in [-0.1, -0.05) is 51.1 Å². The Morgan fingerprint density at radius 3 is 2.45 bits per heavy atom. The fourth-order valence-electron chi connectivity index (χ4n) is 2.87. The van der Waals surface area contributed by atoms with Gasteiger partial charge in [-0.25, -0.2) is 0 Å². The quantitative estimate of drug-likeness (QED) is 0.295. The molecule has 0 amide bonds. The molecule has 146 valence electrons. The van der Waals surface area contributed by atoms with Crippen LogP contribution < -0.4 is 29.6 Å². The second-order valence-electron chi connectivity index (χ2n) is 7.21. The maximum atomic E-state index is 11.4. The second kappa shape index (κ2) is 8.90. The van der Waals surface area contributed by atoms with Crippen LogP contribution in [0.1, 0.15) is 34.2 Å². The molecule has 0 aromatic heterocycles. The molecule has 0 unspecified atom stereocenters. The Bertz CT molecular complexity index is 1100. The molecule has 7 nitrogen and oxygen atoms in total. The SMILES string of the molecule is CCC(C)(C)c1cc(N=Nc2c(O)ccc3ccccc23)c(O)c([N+](=O)[O-])c1.[H-].[Na+]. The summed E-state index contributed by atoms with van der Waals surface area (Å²) in [5.74, 6) is -0.620. The van der Waals surface area contributed by atoms with E-state index in [9.17, 15) is 20.3 Å². The van der Waals surface area contributed by atoms with Gasteiger partial charge in [0.15, 0.2) is 0 Å². The number of nitro groups is 1. The molecule has 0 saturated carbocycles.